The van der Waals surface area contributed by atoms with E-state index in [1.165, 1.54) is 12.8 Å². The molecule has 182 valence electrons. The molecule has 32 heavy (non-hydrogen) atoms. The van der Waals surface area contributed by atoms with Crippen LogP contribution in [0.15, 0.2) is 18.2 Å². The summed E-state index contributed by atoms with van der Waals surface area (Å²) in [4.78, 5) is 12.1. The first-order valence-electron chi connectivity index (χ1n) is 11.8. The standard InChI is InChI=1S/C25H40O7/c1-16(2)9-7-5-6-8-10-22(27)30-15-19-12-11-17(3)20(13-19)31-25-24(29)18(4)23(28)21(14-26)32-25/h11-13,16,18,21,23-26,28-29H,5-10,14-15H2,1-4H3. The van der Waals surface area contributed by atoms with Gasteiger partial charge in [-0.1, -0.05) is 58.6 Å². The summed E-state index contributed by atoms with van der Waals surface area (Å²) < 4.78 is 16.8. The molecule has 2 rings (SSSR count). The monoisotopic (exact) mass is 452 g/mol. The van der Waals surface area contributed by atoms with E-state index in [-0.39, 0.29) is 19.2 Å². The lowest BCUT2D eigenvalue weighted by atomic mass is 9.91. The highest BCUT2D eigenvalue weighted by Crippen LogP contribution is 2.30. The minimum atomic E-state index is -1.05. The van der Waals surface area contributed by atoms with Crippen LogP contribution in [0.5, 0.6) is 5.75 Å². The molecule has 1 fully saturated rings. The average molecular weight is 453 g/mol. The number of aliphatic hydroxyl groups is 3. The third-order valence-corrected chi connectivity index (χ3v) is 6.03. The first-order valence-corrected chi connectivity index (χ1v) is 11.8. The van der Waals surface area contributed by atoms with E-state index in [1.807, 2.05) is 19.1 Å². The highest BCUT2D eigenvalue weighted by molar-refractivity contribution is 5.69. The van der Waals surface area contributed by atoms with Crippen LogP contribution in [0.4, 0.5) is 0 Å². The second-order valence-corrected chi connectivity index (χ2v) is 9.29. The number of benzene rings is 1. The van der Waals surface area contributed by atoms with Crippen molar-refractivity contribution in [1.82, 2.24) is 0 Å². The number of esters is 1. The fourth-order valence-corrected chi connectivity index (χ4v) is 3.77. The number of hydrogen-bond acceptors (Lipinski definition) is 7. The van der Waals surface area contributed by atoms with Crippen LogP contribution in [0.2, 0.25) is 0 Å². The van der Waals surface area contributed by atoms with Crippen LogP contribution in [0, 0.1) is 18.8 Å². The largest absolute Gasteiger partial charge is 0.462 e. The van der Waals surface area contributed by atoms with Gasteiger partial charge >= 0.3 is 5.97 Å². The van der Waals surface area contributed by atoms with Crippen molar-refractivity contribution in [3.8, 4) is 5.75 Å². The Labute approximate surface area is 191 Å². The van der Waals surface area contributed by atoms with Crippen molar-refractivity contribution in [2.24, 2.45) is 11.8 Å². The van der Waals surface area contributed by atoms with Crippen LogP contribution in [-0.4, -0.2) is 52.5 Å². The number of carbonyl (C=O) groups excluding carboxylic acids is 1. The SMILES string of the molecule is Cc1ccc(COC(=O)CCCCCCC(C)C)cc1OC1OC(CO)C(O)C(C)C1O. The summed E-state index contributed by atoms with van der Waals surface area (Å²) in [6.07, 6.45) is 2.01. The molecule has 1 heterocycles. The first-order chi connectivity index (χ1) is 15.2. The first kappa shape index (κ1) is 26.6. The zero-order valence-electron chi connectivity index (χ0n) is 19.8. The molecule has 0 aliphatic carbocycles. The van der Waals surface area contributed by atoms with Gasteiger partial charge in [0.25, 0.3) is 0 Å². The molecule has 0 radical (unpaired) electrons. The van der Waals surface area contributed by atoms with Crippen molar-refractivity contribution >= 4 is 5.97 Å². The van der Waals surface area contributed by atoms with Crippen molar-refractivity contribution < 1.29 is 34.3 Å². The van der Waals surface area contributed by atoms with E-state index in [2.05, 4.69) is 13.8 Å². The Bertz CT molecular complexity index is 704. The second kappa shape index (κ2) is 13.1. The number of ether oxygens (including phenoxy) is 3. The lowest BCUT2D eigenvalue weighted by Gasteiger charge is -2.40. The molecule has 5 unspecified atom stereocenters. The Morgan fingerprint density at radius 2 is 1.84 bits per heavy atom. The van der Waals surface area contributed by atoms with Gasteiger partial charge in [-0.25, -0.2) is 0 Å². The minimum Gasteiger partial charge on any atom is -0.462 e. The van der Waals surface area contributed by atoms with Gasteiger partial charge in [-0.2, -0.15) is 0 Å². The van der Waals surface area contributed by atoms with E-state index in [4.69, 9.17) is 14.2 Å². The smallest absolute Gasteiger partial charge is 0.306 e. The van der Waals surface area contributed by atoms with E-state index in [1.54, 1.807) is 13.0 Å². The molecule has 0 bridgehead atoms. The van der Waals surface area contributed by atoms with Crippen LogP contribution in [0.3, 0.4) is 0 Å². The number of unbranched alkanes of at least 4 members (excludes halogenated alkanes) is 3. The third-order valence-electron chi connectivity index (χ3n) is 6.03. The van der Waals surface area contributed by atoms with Gasteiger partial charge in [-0.3, -0.25) is 4.79 Å². The predicted molar refractivity (Wildman–Crippen MR) is 121 cm³/mol. The number of aliphatic hydroxyl groups excluding tert-OH is 3. The van der Waals surface area contributed by atoms with Crippen molar-refractivity contribution in [1.29, 1.82) is 0 Å². The molecule has 7 heteroatoms. The van der Waals surface area contributed by atoms with E-state index in [0.717, 1.165) is 36.3 Å². The molecule has 1 aromatic carbocycles. The Hall–Kier alpha value is -1.67. The Morgan fingerprint density at radius 3 is 2.53 bits per heavy atom. The Morgan fingerprint density at radius 1 is 1.12 bits per heavy atom. The molecule has 0 amide bonds. The van der Waals surface area contributed by atoms with Crippen LogP contribution in [0.1, 0.15) is 70.4 Å². The third kappa shape index (κ3) is 8.03. The Balaban J connectivity index is 1.84. The summed E-state index contributed by atoms with van der Waals surface area (Å²) in [5, 5.41) is 29.9. The van der Waals surface area contributed by atoms with Crippen molar-refractivity contribution in [3.63, 3.8) is 0 Å². The molecular weight excluding hydrogens is 412 g/mol. The van der Waals surface area contributed by atoms with E-state index in [0.29, 0.717) is 12.2 Å². The second-order valence-electron chi connectivity index (χ2n) is 9.29. The normalized spacial score (nSPS) is 25.7. The molecule has 7 nitrogen and oxygen atoms in total. The summed E-state index contributed by atoms with van der Waals surface area (Å²) in [5.41, 5.74) is 1.60. The van der Waals surface area contributed by atoms with Gasteiger partial charge in [-0.05, 0) is 36.5 Å². The van der Waals surface area contributed by atoms with E-state index < -0.39 is 30.5 Å². The summed E-state index contributed by atoms with van der Waals surface area (Å²) in [6, 6.07) is 5.47. The van der Waals surface area contributed by atoms with Gasteiger partial charge in [-0.15, -0.1) is 0 Å². The number of rotatable bonds is 12. The number of aryl methyl sites for hydroxylation is 1. The molecule has 5 atom stereocenters. The summed E-state index contributed by atoms with van der Waals surface area (Å²) in [5.74, 6) is 0.493. The van der Waals surface area contributed by atoms with Crippen molar-refractivity contribution in [2.75, 3.05) is 6.61 Å². The molecule has 0 aromatic heterocycles. The van der Waals surface area contributed by atoms with Gasteiger partial charge in [0.15, 0.2) is 0 Å². The zero-order chi connectivity index (χ0) is 23.7. The number of carbonyl (C=O) groups is 1. The lowest BCUT2D eigenvalue weighted by Crippen LogP contribution is -2.56. The summed E-state index contributed by atoms with van der Waals surface area (Å²) >= 11 is 0. The molecule has 1 aliphatic rings. The van der Waals surface area contributed by atoms with Gasteiger partial charge in [0, 0.05) is 12.3 Å². The number of hydrogen-bond donors (Lipinski definition) is 3. The zero-order valence-corrected chi connectivity index (χ0v) is 19.8. The van der Waals surface area contributed by atoms with Crippen LogP contribution >= 0.6 is 0 Å². The highest BCUT2D eigenvalue weighted by Gasteiger charge is 2.43. The summed E-state index contributed by atoms with van der Waals surface area (Å²) in [7, 11) is 0. The van der Waals surface area contributed by atoms with Gasteiger partial charge in [0.1, 0.15) is 24.6 Å². The maximum atomic E-state index is 12.1. The minimum absolute atomic E-state index is 0.144. The lowest BCUT2D eigenvalue weighted by molar-refractivity contribution is -0.261. The molecular formula is C25H40O7. The predicted octanol–water partition coefficient (Wildman–Crippen LogP) is 3.49. The van der Waals surface area contributed by atoms with Crippen LogP contribution in [0.25, 0.3) is 0 Å². The van der Waals surface area contributed by atoms with E-state index in [9.17, 15) is 20.1 Å². The van der Waals surface area contributed by atoms with E-state index >= 15 is 0 Å². The van der Waals surface area contributed by atoms with Gasteiger partial charge < -0.3 is 29.5 Å². The topological polar surface area (TPSA) is 105 Å². The summed E-state index contributed by atoms with van der Waals surface area (Å²) in [6.45, 7) is 7.77. The quantitative estimate of drug-likeness (QED) is 0.329. The van der Waals surface area contributed by atoms with Gasteiger partial charge in [0.2, 0.25) is 6.29 Å². The molecule has 1 aromatic rings. The molecule has 0 saturated carbocycles. The molecule has 1 saturated heterocycles. The van der Waals surface area contributed by atoms with Crippen molar-refractivity contribution in [3.05, 3.63) is 29.3 Å². The molecule has 0 spiro atoms. The van der Waals surface area contributed by atoms with Crippen molar-refractivity contribution in [2.45, 2.75) is 97.4 Å². The Kier molecular flexibility index (Phi) is 10.9. The highest BCUT2D eigenvalue weighted by atomic mass is 16.7. The fraction of sp³-hybridized carbons (Fsp3) is 0.720. The van der Waals surface area contributed by atoms with Crippen LogP contribution in [-0.2, 0) is 20.9 Å². The maximum absolute atomic E-state index is 12.1. The molecule has 3 N–H and O–H groups in total. The van der Waals surface area contributed by atoms with Gasteiger partial charge in [0.05, 0.1) is 12.7 Å². The molecule has 1 aliphatic heterocycles. The fourth-order valence-electron chi connectivity index (χ4n) is 3.77. The maximum Gasteiger partial charge on any atom is 0.306 e. The average Bonchev–Trinajstić information content (AvgIpc) is 2.76. The van der Waals surface area contributed by atoms with Crippen LogP contribution < -0.4 is 4.74 Å².